The minimum Gasteiger partial charge on any atom is -0.508 e. The zero-order chi connectivity index (χ0) is 96.0. The van der Waals surface area contributed by atoms with Crippen molar-refractivity contribution >= 4 is 76.4 Å². The molecule has 18 atom stereocenters. The highest BCUT2D eigenvalue weighted by Gasteiger charge is 2.52. The van der Waals surface area contributed by atoms with E-state index in [1.54, 1.807) is 0 Å². The number of fused-ring (bicyclic) bond motifs is 14. The Labute approximate surface area is 778 Å². The molecule has 0 aliphatic carbocycles. The Kier molecular flexibility index (Phi) is 33.4. The van der Waals surface area contributed by atoms with E-state index in [9.17, 15) is 75.7 Å². The molecule has 8 amide bonds. The third-order valence-electron chi connectivity index (χ3n) is 24.0. The number of carbonyl (C=O) groups excluding carboxylic acids is 8. The SMILES string of the molecule is CCCCCCCCCCCC(=O)N[C@H]1[C@H](Oc2c3cc4cc2Oc2ccc(cc2Cl)[C@@H](O)[C@@H]2NC(=O)[C@H](NC(=O)[C@@H]4NC(=O)[C@H]4NC(=O)[C@@H](Cc5ccc(cc5)O3)NC(=O)[C@H](NC)c3ccc(O)c(c3)Oc3cc(O)c(Cl)c4c3)c3ccc(O)c(c3)-c3c(O[C@H]4O[C@H](CO)[C@@H](O)[C@H](O)[C@@H]4O)cc(O)cc3[C@H](C(=O)NCCCN(CCCN)CCCN)NC2=O)O[C@H](C(=O)O)[C@@H](O)[C@@H]1O. The van der Waals surface area contributed by atoms with Crippen molar-refractivity contribution in [3.05, 3.63) is 164 Å². The van der Waals surface area contributed by atoms with Crippen LogP contribution in [0.1, 0.15) is 166 Å². The number of phenolic OH excluding ortho intramolecular Hbond substituents is 4. The summed E-state index contributed by atoms with van der Waals surface area (Å²) in [5.41, 5.74) is 9.02. The van der Waals surface area contributed by atoms with Gasteiger partial charge in [0.15, 0.2) is 29.1 Å². The fraction of sp³-hybridized carbons (Fsp3) is 0.446. The molecule has 8 heterocycles. The lowest BCUT2D eigenvalue weighted by Gasteiger charge is -2.41. The predicted molar refractivity (Wildman–Crippen MR) is 477 cm³/mol. The number of carbonyl (C=O) groups is 9. The second kappa shape index (κ2) is 44.9. The molecule has 2 fully saturated rings. The summed E-state index contributed by atoms with van der Waals surface area (Å²) in [4.78, 5) is 141. The summed E-state index contributed by atoms with van der Waals surface area (Å²) in [5.74, 6) is -18.1. The molecular weight excluding hydrogens is 1790 g/mol. The highest BCUT2D eigenvalue weighted by atomic mass is 35.5. The fourth-order valence-electron chi connectivity index (χ4n) is 16.8. The van der Waals surface area contributed by atoms with Crippen molar-refractivity contribution in [2.45, 2.75) is 207 Å². The maximum Gasteiger partial charge on any atom is 0.335 e. The van der Waals surface area contributed by atoms with E-state index in [1.165, 1.54) is 49.5 Å². The van der Waals surface area contributed by atoms with E-state index in [2.05, 4.69) is 59.7 Å². The van der Waals surface area contributed by atoms with Gasteiger partial charge < -0.3 is 159 Å². The number of nitrogens with two attached hydrogens (primary N) is 2. The molecule has 0 radical (unpaired) electrons. The summed E-state index contributed by atoms with van der Waals surface area (Å²) in [7, 11) is 1.43. The molecule has 2 saturated heterocycles. The number of ether oxygens (including phenoxy) is 7. The lowest BCUT2D eigenvalue weighted by molar-refractivity contribution is -0.277. The first-order chi connectivity index (χ1) is 64.3. The number of aliphatic hydroxyl groups excluding tert-OH is 7. The number of amides is 8. The number of benzene rings is 7. The quantitative estimate of drug-likeness (QED) is 0.0297. The topological polar surface area (TPSA) is 625 Å². The van der Waals surface area contributed by atoms with Crippen molar-refractivity contribution < 1.29 is 138 Å². The number of halogens is 2. The third kappa shape index (κ3) is 23.2. The first kappa shape index (κ1) is 99.5. The second-order valence-electron chi connectivity index (χ2n) is 33.5. The molecule has 17 bridgehead atoms. The lowest BCUT2D eigenvalue weighted by Crippen LogP contribution is -2.66. The number of unbranched alkanes of at least 4 members (excludes halogenated alkanes) is 8. The standard InChI is InChI=1S/C92H110Cl2N12O28/c1-3-4-5-6-7-8-9-10-11-15-65(112)100-74-77(115)79(117)82(90(126)127)134-91(74)133-81-62-36-47-37-63(81)130-59-25-20-46(34-54(59)93)75(113)73-89(125)104-71(84(120)98-28-14-31-106(29-12-26-95)30-13-27-96)52-38-48(108)39-61(131-92-80(118)78(116)76(114)64(42-107)132-92)66(52)51-33-44(18-23-56(51)109)69(86(122)105-73)101-87(123)70(47)102-88(124)72-53-40-50(41-58(111)67(53)94)129-60-35-45(19-24-57(60)110)68(97-2)85(121)99-55(83(119)103-72)32-43-16-21-49(128-62)22-17-43/h16-25,33-41,55,64,68-80,82,91-92,97,107-111,113-118H,3-15,26-32,42,95-96H2,1-2H3,(H,98,120)(H,99,121)(H,100,112)(H,101,123)(H,102,124)(H,103,119)(H,104,125)(H,105,122)(H,126,127)/t55-,64-,68-,69-,70-,71-,72+,73+,74-,75-,76-,77-,78+,79+,80+,82+,91-,92+/m1/s1. The van der Waals surface area contributed by atoms with Crippen molar-refractivity contribution in [1.29, 1.82) is 0 Å². The molecular formula is C92H110Cl2N12O28. The lowest BCUT2D eigenvalue weighted by atomic mass is 9.89. The van der Waals surface area contributed by atoms with E-state index in [4.69, 9.17) is 67.8 Å². The van der Waals surface area contributed by atoms with Crippen LogP contribution >= 0.6 is 23.2 Å². The molecule has 7 aromatic carbocycles. The number of rotatable bonds is 29. The highest BCUT2D eigenvalue weighted by Crippen LogP contribution is 2.51. The Morgan fingerprint density at radius 1 is 0.537 bits per heavy atom. The number of carboxylic acids is 1. The van der Waals surface area contributed by atoms with Crippen molar-refractivity contribution in [2.24, 2.45) is 11.5 Å². The number of nitrogens with zero attached hydrogens (tertiary/aromatic N) is 1. The smallest absolute Gasteiger partial charge is 0.335 e. The molecule has 15 rings (SSSR count). The van der Waals surface area contributed by atoms with Gasteiger partial charge in [0.05, 0.1) is 16.7 Å². The minimum atomic E-state index is -2.46. The molecule has 0 spiro atoms. The molecule has 8 aliphatic heterocycles. The number of hydrogen-bond donors (Lipinski definition) is 23. The number of aliphatic carboxylic acids is 1. The van der Waals surface area contributed by atoms with Gasteiger partial charge in [-0.05, 0) is 172 Å². The maximum atomic E-state index is 16.9. The highest BCUT2D eigenvalue weighted by molar-refractivity contribution is 6.33. The van der Waals surface area contributed by atoms with Crippen LogP contribution in [-0.2, 0) is 59.0 Å². The first-order valence-corrected chi connectivity index (χ1v) is 45.0. The van der Waals surface area contributed by atoms with Gasteiger partial charge in [0.1, 0.15) is 131 Å². The van der Waals surface area contributed by atoms with Gasteiger partial charge in [-0.1, -0.05) is 112 Å². The van der Waals surface area contributed by atoms with Crippen LogP contribution in [-0.4, -0.2) is 246 Å². The number of hydrogen-bond acceptors (Lipinski definition) is 31. The molecule has 134 heavy (non-hydrogen) atoms. The summed E-state index contributed by atoms with van der Waals surface area (Å²) in [6.45, 7) is 3.22. The van der Waals surface area contributed by atoms with Crippen LogP contribution in [0.25, 0.3) is 11.1 Å². The van der Waals surface area contributed by atoms with Gasteiger partial charge in [-0.25, -0.2) is 4.79 Å². The van der Waals surface area contributed by atoms with Crippen LogP contribution in [0, 0.1) is 0 Å². The molecule has 40 nitrogen and oxygen atoms in total. The second-order valence-corrected chi connectivity index (χ2v) is 34.3. The van der Waals surface area contributed by atoms with Gasteiger partial charge in [-0.2, -0.15) is 0 Å². The molecule has 0 saturated carbocycles. The number of carboxylic acid groups (broad SMARTS) is 1. The van der Waals surface area contributed by atoms with E-state index >= 15 is 28.8 Å². The summed E-state index contributed by atoms with van der Waals surface area (Å²) in [6, 6.07) is 5.57. The average molecular weight is 1900 g/mol. The van der Waals surface area contributed by atoms with Gasteiger partial charge in [-0.15, -0.1) is 0 Å². The Balaban J connectivity index is 1.03. The average Bonchev–Trinajstić information content (AvgIpc) is 0.757. The predicted octanol–water partition coefficient (Wildman–Crippen LogP) is 3.75. The van der Waals surface area contributed by atoms with Gasteiger partial charge in [0.2, 0.25) is 65.6 Å². The Morgan fingerprint density at radius 3 is 1.84 bits per heavy atom. The number of phenols is 4. The van der Waals surface area contributed by atoms with E-state index in [-0.39, 0.29) is 47.8 Å². The van der Waals surface area contributed by atoms with Crippen molar-refractivity contribution in [3.63, 3.8) is 0 Å². The van der Waals surface area contributed by atoms with E-state index in [0.717, 1.165) is 118 Å². The molecule has 0 unspecified atom stereocenters. The summed E-state index contributed by atoms with van der Waals surface area (Å²) in [5, 5.41) is 162. The molecule has 42 heteroatoms. The summed E-state index contributed by atoms with van der Waals surface area (Å²) >= 11 is 14.4. The molecule has 0 aromatic heterocycles. The minimum absolute atomic E-state index is 0.132. The van der Waals surface area contributed by atoms with E-state index < -0.39 is 271 Å². The van der Waals surface area contributed by atoms with Gasteiger partial charge >= 0.3 is 5.97 Å². The van der Waals surface area contributed by atoms with Crippen LogP contribution in [0.5, 0.6) is 69.0 Å². The van der Waals surface area contributed by atoms with Crippen LogP contribution < -0.4 is 83.0 Å². The zero-order valence-corrected chi connectivity index (χ0v) is 74.5. The monoisotopic (exact) mass is 1900 g/mol. The van der Waals surface area contributed by atoms with Gasteiger partial charge in [0.25, 0.3) is 0 Å². The number of aliphatic hydroxyl groups is 7. The van der Waals surface area contributed by atoms with Crippen molar-refractivity contribution in [3.8, 4) is 80.1 Å². The van der Waals surface area contributed by atoms with Crippen LogP contribution in [0.4, 0.5) is 0 Å². The molecule has 7 aromatic rings. The van der Waals surface area contributed by atoms with Crippen LogP contribution in [0.3, 0.4) is 0 Å². The fourth-order valence-corrected chi connectivity index (χ4v) is 17.3. The zero-order valence-electron chi connectivity index (χ0n) is 73.0. The number of likely N-dealkylation sites (N-methyl/N-ethyl adjacent to an activating group) is 1. The Morgan fingerprint density at radius 2 is 1.16 bits per heavy atom. The normalized spacial score (nSPS) is 25.2. The Hall–Kier alpha value is -12.0. The third-order valence-corrected chi connectivity index (χ3v) is 24.7. The summed E-state index contributed by atoms with van der Waals surface area (Å²) < 4.78 is 44.7. The summed E-state index contributed by atoms with van der Waals surface area (Å²) in [6.07, 6.45) is -12.5. The van der Waals surface area contributed by atoms with Gasteiger partial charge in [0, 0.05) is 48.2 Å². The molecule has 8 aliphatic rings. The number of nitrogens with one attached hydrogen (secondary N) is 9. The van der Waals surface area contributed by atoms with Crippen molar-refractivity contribution in [2.75, 3.05) is 52.9 Å². The first-order valence-electron chi connectivity index (χ1n) is 44.2. The van der Waals surface area contributed by atoms with Crippen molar-refractivity contribution in [1.82, 2.24) is 52.8 Å². The maximum absolute atomic E-state index is 16.9. The van der Waals surface area contributed by atoms with E-state index in [1.807, 2.05) is 0 Å². The largest absolute Gasteiger partial charge is 0.508 e. The van der Waals surface area contributed by atoms with E-state index in [0.29, 0.717) is 64.0 Å². The van der Waals surface area contributed by atoms with Gasteiger partial charge in [-0.3, -0.25) is 38.4 Å². The molecule has 720 valence electrons. The number of aromatic hydroxyl groups is 4. The molecule has 25 N–H and O–H groups in total. The Bertz CT molecular complexity index is 5440. The van der Waals surface area contributed by atoms with Crippen LogP contribution in [0.15, 0.2) is 115 Å². The van der Waals surface area contributed by atoms with Crippen LogP contribution in [0.2, 0.25) is 10.0 Å².